The molecule has 0 bridgehead atoms. The maximum atomic E-state index is 13.5. The van der Waals surface area contributed by atoms with Crippen LogP contribution in [0.15, 0.2) is 60.7 Å². The molecule has 1 aliphatic heterocycles. The smallest absolute Gasteiger partial charge is 0.410 e. The Morgan fingerprint density at radius 2 is 1.42 bits per heavy atom. The van der Waals surface area contributed by atoms with Gasteiger partial charge < -0.3 is 15.4 Å². The van der Waals surface area contributed by atoms with Gasteiger partial charge in [-0.25, -0.2) is 10.6 Å². The van der Waals surface area contributed by atoms with Crippen LogP contribution >= 0.6 is 0 Å². The van der Waals surface area contributed by atoms with E-state index in [9.17, 15) is 19.2 Å². The first-order valence-electron chi connectivity index (χ1n) is 12.8. The largest absolute Gasteiger partial charge is 0.444 e. The lowest BCUT2D eigenvalue weighted by atomic mass is 10.0. The fraction of sp³-hybridized carbons (Fsp3) is 0.429. The molecule has 0 aromatic heterocycles. The monoisotopic (exact) mass is 523 g/mol. The molecule has 2 aromatic rings. The summed E-state index contributed by atoms with van der Waals surface area (Å²) in [5.74, 6) is 3.84. The Kier molecular flexibility index (Phi) is 9.84. The summed E-state index contributed by atoms with van der Waals surface area (Å²) in [6.07, 6.45) is 0.942. The van der Waals surface area contributed by atoms with Crippen molar-refractivity contribution in [1.82, 2.24) is 21.0 Å². The van der Waals surface area contributed by atoms with E-state index in [1.807, 2.05) is 60.7 Å². The summed E-state index contributed by atoms with van der Waals surface area (Å²) in [4.78, 5) is 53.4. The predicted molar refractivity (Wildman–Crippen MR) is 142 cm³/mol. The van der Waals surface area contributed by atoms with E-state index in [0.717, 1.165) is 11.1 Å². The van der Waals surface area contributed by atoms with Crippen molar-refractivity contribution in [2.75, 3.05) is 6.54 Å². The van der Waals surface area contributed by atoms with Crippen molar-refractivity contribution in [2.45, 2.75) is 70.2 Å². The van der Waals surface area contributed by atoms with Crippen LogP contribution < -0.4 is 21.9 Å². The molecule has 0 aliphatic carbocycles. The van der Waals surface area contributed by atoms with Crippen LogP contribution in [0.1, 0.15) is 44.7 Å². The van der Waals surface area contributed by atoms with Crippen LogP contribution in [-0.4, -0.2) is 59.0 Å². The second-order valence-electron chi connectivity index (χ2n) is 10.3. The first-order chi connectivity index (χ1) is 18.1. The number of likely N-dealkylation sites (tertiary alicyclic amines) is 1. The molecule has 3 atom stereocenters. The Balaban J connectivity index is 1.78. The minimum atomic E-state index is -0.991. The number of nitrogens with two attached hydrogens (primary N) is 1. The average Bonchev–Trinajstić information content (AvgIpc) is 3.38. The number of hydrogen-bond donors (Lipinski definition) is 4. The molecule has 5 N–H and O–H groups in total. The number of hydrazine groups is 1. The van der Waals surface area contributed by atoms with Gasteiger partial charge in [0.15, 0.2) is 0 Å². The van der Waals surface area contributed by atoms with E-state index >= 15 is 0 Å². The van der Waals surface area contributed by atoms with E-state index in [0.29, 0.717) is 19.4 Å². The van der Waals surface area contributed by atoms with E-state index in [2.05, 4.69) is 16.1 Å². The van der Waals surface area contributed by atoms with Crippen molar-refractivity contribution in [2.24, 2.45) is 5.84 Å². The fourth-order valence-corrected chi connectivity index (χ4v) is 4.34. The molecule has 0 spiro atoms. The van der Waals surface area contributed by atoms with Gasteiger partial charge in [0.2, 0.25) is 11.8 Å². The molecule has 0 radical (unpaired) electrons. The molecule has 38 heavy (non-hydrogen) atoms. The molecular weight excluding hydrogens is 486 g/mol. The summed E-state index contributed by atoms with van der Waals surface area (Å²) >= 11 is 0. The molecule has 10 nitrogen and oxygen atoms in total. The maximum absolute atomic E-state index is 13.5. The number of hydrogen-bond acceptors (Lipinski definition) is 6. The molecule has 204 valence electrons. The van der Waals surface area contributed by atoms with Gasteiger partial charge in [-0.05, 0) is 44.7 Å². The molecule has 1 aliphatic rings. The first kappa shape index (κ1) is 28.6. The van der Waals surface area contributed by atoms with Crippen molar-refractivity contribution in [3.05, 3.63) is 71.8 Å². The minimum absolute atomic E-state index is 0.194. The Morgan fingerprint density at radius 3 is 1.92 bits per heavy atom. The topological polar surface area (TPSA) is 143 Å². The maximum Gasteiger partial charge on any atom is 0.410 e. The fourth-order valence-electron chi connectivity index (χ4n) is 4.34. The summed E-state index contributed by atoms with van der Waals surface area (Å²) in [5.41, 5.74) is 3.06. The zero-order chi connectivity index (χ0) is 27.7. The molecule has 0 saturated carbocycles. The molecule has 3 rings (SSSR count). The van der Waals surface area contributed by atoms with Crippen LogP contribution in [-0.2, 0) is 32.0 Å². The zero-order valence-corrected chi connectivity index (χ0v) is 22.1. The van der Waals surface area contributed by atoms with Crippen molar-refractivity contribution in [3.8, 4) is 0 Å². The zero-order valence-electron chi connectivity index (χ0n) is 22.1. The molecular formula is C28H37N5O5. The summed E-state index contributed by atoms with van der Waals surface area (Å²) in [7, 11) is 0. The summed E-state index contributed by atoms with van der Waals surface area (Å²) < 4.78 is 5.47. The number of amides is 4. The van der Waals surface area contributed by atoms with Crippen LogP contribution in [0.25, 0.3) is 0 Å². The Bertz CT molecular complexity index is 1100. The normalized spacial score (nSPS) is 16.7. The van der Waals surface area contributed by atoms with Gasteiger partial charge >= 0.3 is 6.09 Å². The highest BCUT2D eigenvalue weighted by Crippen LogP contribution is 2.21. The third kappa shape index (κ3) is 8.31. The SMILES string of the molecule is CC(C)(C)OC(=O)N1CCC[C@H]1C(=O)N[C@@H](Cc1ccccc1)C(=O)N[C@@H](Cc1ccccc1)C(=O)NN. The highest BCUT2D eigenvalue weighted by Gasteiger charge is 2.38. The standard InChI is InChI=1S/C28H37N5O5/c1-28(2,3)38-27(37)33-16-10-15-23(33)26(36)31-21(17-19-11-6-4-7-12-19)24(34)30-22(25(35)32-29)18-20-13-8-5-9-14-20/h4-9,11-14,21-23H,10,15-18,29H2,1-3H3,(H,30,34)(H,31,36)(H,32,35)/t21-,22-,23-/m0/s1. The van der Waals surface area contributed by atoms with Gasteiger partial charge in [0.25, 0.3) is 5.91 Å². The van der Waals surface area contributed by atoms with Gasteiger partial charge in [0, 0.05) is 19.4 Å². The summed E-state index contributed by atoms with van der Waals surface area (Å²) in [6, 6.07) is 15.8. The van der Waals surface area contributed by atoms with Crippen LogP contribution in [0.2, 0.25) is 0 Å². The van der Waals surface area contributed by atoms with Crippen molar-refractivity contribution in [3.63, 3.8) is 0 Å². The number of rotatable bonds is 9. The van der Waals surface area contributed by atoms with Gasteiger partial charge in [-0.2, -0.15) is 0 Å². The van der Waals surface area contributed by atoms with Crippen LogP contribution in [0.4, 0.5) is 4.79 Å². The van der Waals surface area contributed by atoms with Crippen LogP contribution in [0.3, 0.4) is 0 Å². The number of carbonyl (C=O) groups excluding carboxylic acids is 4. The highest BCUT2D eigenvalue weighted by molar-refractivity contribution is 5.94. The second-order valence-corrected chi connectivity index (χ2v) is 10.3. The van der Waals surface area contributed by atoms with Crippen LogP contribution in [0.5, 0.6) is 0 Å². The lowest BCUT2D eigenvalue weighted by Crippen LogP contribution is -2.58. The quantitative estimate of drug-likeness (QED) is 0.224. The van der Waals surface area contributed by atoms with E-state index < -0.39 is 47.5 Å². The number of ether oxygens (including phenoxy) is 1. The van der Waals surface area contributed by atoms with Gasteiger partial charge in [0.1, 0.15) is 23.7 Å². The number of benzene rings is 2. The van der Waals surface area contributed by atoms with E-state index in [1.54, 1.807) is 20.8 Å². The first-order valence-corrected chi connectivity index (χ1v) is 12.8. The number of nitrogens with zero attached hydrogens (tertiary/aromatic N) is 1. The Labute approximate surface area is 223 Å². The molecule has 1 heterocycles. The van der Waals surface area contributed by atoms with E-state index in [-0.39, 0.29) is 12.8 Å². The predicted octanol–water partition coefficient (Wildman–Crippen LogP) is 1.83. The lowest BCUT2D eigenvalue weighted by Gasteiger charge is -2.29. The van der Waals surface area contributed by atoms with Crippen molar-refractivity contribution in [1.29, 1.82) is 0 Å². The minimum Gasteiger partial charge on any atom is -0.444 e. The summed E-state index contributed by atoms with van der Waals surface area (Å²) in [5, 5.41) is 5.56. The molecule has 10 heteroatoms. The van der Waals surface area contributed by atoms with E-state index in [4.69, 9.17) is 10.6 Å². The molecule has 2 aromatic carbocycles. The molecule has 1 saturated heterocycles. The van der Waals surface area contributed by atoms with Gasteiger partial charge in [-0.3, -0.25) is 24.7 Å². The van der Waals surface area contributed by atoms with Crippen molar-refractivity contribution >= 4 is 23.8 Å². The Morgan fingerprint density at radius 1 is 0.895 bits per heavy atom. The number of carbonyl (C=O) groups is 4. The van der Waals surface area contributed by atoms with Crippen LogP contribution in [0, 0.1) is 0 Å². The van der Waals surface area contributed by atoms with Gasteiger partial charge in [0.05, 0.1) is 0 Å². The third-order valence-electron chi connectivity index (χ3n) is 6.16. The molecule has 1 fully saturated rings. The third-order valence-corrected chi connectivity index (χ3v) is 6.16. The van der Waals surface area contributed by atoms with E-state index in [1.165, 1.54) is 4.90 Å². The summed E-state index contributed by atoms with van der Waals surface area (Å²) in [6.45, 7) is 5.68. The highest BCUT2D eigenvalue weighted by atomic mass is 16.6. The average molecular weight is 524 g/mol. The van der Waals surface area contributed by atoms with Gasteiger partial charge in [-0.15, -0.1) is 0 Å². The second kappa shape index (κ2) is 13.0. The Hall–Kier alpha value is -3.92. The van der Waals surface area contributed by atoms with Crippen molar-refractivity contribution < 1.29 is 23.9 Å². The van der Waals surface area contributed by atoms with Gasteiger partial charge in [-0.1, -0.05) is 60.7 Å². The molecule has 0 unspecified atom stereocenters. The lowest BCUT2D eigenvalue weighted by molar-refractivity contribution is -0.133. The molecule has 4 amide bonds. The number of nitrogens with one attached hydrogen (secondary N) is 3.